The van der Waals surface area contributed by atoms with Crippen molar-refractivity contribution in [2.24, 2.45) is 4.99 Å². The highest BCUT2D eigenvalue weighted by atomic mass is 35.5. The topological polar surface area (TPSA) is 61.8 Å². The number of methoxy groups -OCH3 is 1. The molecule has 1 heterocycles. The fraction of sp³-hybridized carbons (Fsp3) is 0.625. The fourth-order valence-electron chi connectivity index (χ4n) is 2.01. The molecule has 0 saturated carbocycles. The second kappa shape index (κ2) is 12.1. The van der Waals surface area contributed by atoms with Gasteiger partial charge >= 0.3 is 0 Å². The van der Waals surface area contributed by atoms with Gasteiger partial charge in [-0.3, -0.25) is 4.99 Å². The van der Waals surface area contributed by atoms with Crippen molar-refractivity contribution in [3.63, 3.8) is 0 Å². The molecule has 0 aliphatic rings. The van der Waals surface area contributed by atoms with Crippen molar-refractivity contribution in [2.45, 2.75) is 12.8 Å². The summed E-state index contributed by atoms with van der Waals surface area (Å²) in [4.78, 5) is 10.6. The Morgan fingerprint density at radius 3 is 2.74 bits per heavy atom. The van der Waals surface area contributed by atoms with Gasteiger partial charge in [0.1, 0.15) is 5.15 Å². The molecule has 23 heavy (non-hydrogen) atoms. The molecule has 1 aromatic heterocycles. The second-order valence-corrected chi connectivity index (χ2v) is 5.70. The standard InChI is InChI=1S/C16H28ClN5O/c1-18-16(19-8-4-10-22(2)11-12-23-3)20-9-7-14-5-6-15(17)21-13-14/h5-6,13H,4,7-12H2,1-3H3,(H2,18,19,20). The minimum atomic E-state index is 0.523. The molecule has 0 amide bonds. The van der Waals surface area contributed by atoms with Gasteiger partial charge in [-0.15, -0.1) is 0 Å². The van der Waals surface area contributed by atoms with Gasteiger partial charge < -0.3 is 20.3 Å². The molecule has 0 unspecified atom stereocenters. The summed E-state index contributed by atoms with van der Waals surface area (Å²) in [7, 11) is 5.61. The van der Waals surface area contributed by atoms with Crippen LogP contribution in [0.15, 0.2) is 23.3 Å². The predicted octanol–water partition coefficient (Wildman–Crippen LogP) is 1.41. The number of pyridine rings is 1. The van der Waals surface area contributed by atoms with Crippen LogP contribution in [0.1, 0.15) is 12.0 Å². The van der Waals surface area contributed by atoms with E-state index in [-0.39, 0.29) is 0 Å². The van der Waals surface area contributed by atoms with E-state index < -0.39 is 0 Å². The van der Waals surface area contributed by atoms with Gasteiger partial charge in [0.2, 0.25) is 0 Å². The van der Waals surface area contributed by atoms with Gasteiger partial charge in [0.25, 0.3) is 0 Å². The smallest absolute Gasteiger partial charge is 0.190 e. The third-order valence-electron chi connectivity index (χ3n) is 3.40. The third kappa shape index (κ3) is 9.38. The highest BCUT2D eigenvalue weighted by Crippen LogP contribution is 2.05. The molecule has 0 atom stereocenters. The van der Waals surface area contributed by atoms with Crippen LogP contribution in [0.5, 0.6) is 0 Å². The van der Waals surface area contributed by atoms with Gasteiger partial charge in [-0.25, -0.2) is 4.98 Å². The molecule has 6 nitrogen and oxygen atoms in total. The average Bonchev–Trinajstić information content (AvgIpc) is 2.56. The molecule has 2 N–H and O–H groups in total. The molecular formula is C16H28ClN5O. The highest BCUT2D eigenvalue weighted by Gasteiger charge is 2.00. The molecule has 1 aromatic rings. The quantitative estimate of drug-likeness (QED) is 0.291. The molecule has 0 radical (unpaired) electrons. The minimum Gasteiger partial charge on any atom is -0.383 e. The summed E-state index contributed by atoms with van der Waals surface area (Å²) in [5, 5.41) is 7.14. The van der Waals surface area contributed by atoms with Crippen LogP contribution in [-0.4, -0.2) is 69.8 Å². The Balaban J connectivity index is 2.13. The number of guanidine groups is 1. The third-order valence-corrected chi connectivity index (χ3v) is 3.63. The van der Waals surface area contributed by atoms with Gasteiger partial charge in [0.15, 0.2) is 5.96 Å². The van der Waals surface area contributed by atoms with E-state index in [9.17, 15) is 0 Å². The summed E-state index contributed by atoms with van der Waals surface area (Å²) in [5.74, 6) is 0.825. The first-order chi connectivity index (χ1) is 11.2. The molecule has 0 aromatic carbocycles. The monoisotopic (exact) mass is 341 g/mol. The number of nitrogens with one attached hydrogen (secondary N) is 2. The molecule has 0 bridgehead atoms. The van der Waals surface area contributed by atoms with E-state index in [1.165, 1.54) is 0 Å². The lowest BCUT2D eigenvalue weighted by atomic mass is 10.2. The van der Waals surface area contributed by atoms with Gasteiger partial charge in [0, 0.05) is 40.0 Å². The van der Waals surface area contributed by atoms with E-state index in [4.69, 9.17) is 16.3 Å². The summed E-state index contributed by atoms with van der Waals surface area (Å²) in [6.07, 6.45) is 3.74. The van der Waals surface area contributed by atoms with Crippen LogP contribution in [0.25, 0.3) is 0 Å². The molecule has 0 spiro atoms. The summed E-state index contributed by atoms with van der Waals surface area (Å²) in [6, 6.07) is 3.80. The Morgan fingerprint density at radius 2 is 2.09 bits per heavy atom. The number of likely N-dealkylation sites (N-methyl/N-ethyl adjacent to an activating group) is 1. The van der Waals surface area contributed by atoms with Crippen LogP contribution < -0.4 is 10.6 Å². The average molecular weight is 342 g/mol. The summed E-state index contributed by atoms with van der Waals surface area (Å²) in [5.41, 5.74) is 1.15. The molecule has 0 fully saturated rings. The van der Waals surface area contributed by atoms with Crippen LogP contribution in [0.4, 0.5) is 0 Å². The summed E-state index contributed by atoms with van der Waals surface area (Å²) >= 11 is 5.77. The van der Waals surface area contributed by atoms with Crippen molar-refractivity contribution < 1.29 is 4.74 Å². The van der Waals surface area contributed by atoms with Crippen molar-refractivity contribution in [3.05, 3.63) is 29.0 Å². The van der Waals surface area contributed by atoms with Crippen LogP contribution >= 0.6 is 11.6 Å². The number of ether oxygens (including phenoxy) is 1. The largest absolute Gasteiger partial charge is 0.383 e. The van der Waals surface area contributed by atoms with E-state index in [0.29, 0.717) is 5.15 Å². The highest BCUT2D eigenvalue weighted by molar-refractivity contribution is 6.29. The Kier molecular flexibility index (Phi) is 10.4. The summed E-state index contributed by atoms with van der Waals surface area (Å²) < 4.78 is 5.06. The van der Waals surface area contributed by atoms with Gasteiger partial charge in [-0.05, 0) is 38.1 Å². The zero-order valence-corrected chi connectivity index (χ0v) is 15.1. The first-order valence-electron chi connectivity index (χ1n) is 7.88. The second-order valence-electron chi connectivity index (χ2n) is 5.31. The molecule has 130 valence electrons. The molecular weight excluding hydrogens is 314 g/mol. The Bertz CT molecular complexity index is 452. The van der Waals surface area contributed by atoms with Crippen LogP contribution in [0.2, 0.25) is 5.15 Å². The van der Waals surface area contributed by atoms with Crippen molar-refractivity contribution in [2.75, 3.05) is 54.0 Å². The number of hydrogen-bond acceptors (Lipinski definition) is 4. The number of hydrogen-bond donors (Lipinski definition) is 2. The van der Waals surface area contributed by atoms with E-state index in [2.05, 4.69) is 32.6 Å². The van der Waals surface area contributed by atoms with E-state index in [0.717, 1.165) is 57.2 Å². The number of halogens is 1. The van der Waals surface area contributed by atoms with Crippen LogP contribution in [0, 0.1) is 0 Å². The Hall–Kier alpha value is -1.37. The van der Waals surface area contributed by atoms with E-state index >= 15 is 0 Å². The fourth-order valence-corrected chi connectivity index (χ4v) is 2.13. The first kappa shape index (κ1) is 19.7. The molecule has 7 heteroatoms. The molecule has 0 aliphatic carbocycles. The minimum absolute atomic E-state index is 0.523. The number of aromatic nitrogens is 1. The molecule has 0 saturated heterocycles. The lowest BCUT2D eigenvalue weighted by Crippen LogP contribution is -2.39. The number of aliphatic imine (C=N–C) groups is 1. The van der Waals surface area contributed by atoms with Crippen LogP contribution in [0.3, 0.4) is 0 Å². The predicted molar refractivity (Wildman–Crippen MR) is 96.3 cm³/mol. The zero-order chi connectivity index (χ0) is 16.9. The van der Waals surface area contributed by atoms with Gasteiger partial charge in [-0.2, -0.15) is 0 Å². The zero-order valence-electron chi connectivity index (χ0n) is 14.3. The lowest BCUT2D eigenvalue weighted by molar-refractivity contribution is 0.161. The summed E-state index contributed by atoms with van der Waals surface area (Å²) in [6.45, 7) is 4.45. The van der Waals surface area contributed by atoms with Crippen molar-refractivity contribution in [1.29, 1.82) is 0 Å². The maximum absolute atomic E-state index is 5.77. The maximum Gasteiger partial charge on any atom is 0.190 e. The molecule has 0 aliphatic heterocycles. The maximum atomic E-state index is 5.77. The van der Waals surface area contributed by atoms with E-state index in [1.54, 1.807) is 20.4 Å². The Morgan fingerprint density at radius 1 is 1.30 bits per heavy atom. The first-order valence-corrected chi connectivity index (χ1v) is 8.26. The normalized spacial score (nSPS) is 11.8. The van der Waals surface area contributed by atoms with Crippen LogP contribution in [-0.2, 0) is 11.2 Å². The van der Waals surface area contributed by atoms with E-state index in [1.807, 2.05) is 12.1 Å². The SMILES string of the molecule is CN=C(NCCCN(C)CCOC)NCCc1ccc(Cl)nc1. The Labute approximate surface area is 144 Å². The lowest BCUT2D eigenvalue weighted by Gasteiger charge is -2.17. The van der Waals surface area contributed by atoms with Crippen molar-refractivity contribution in [1.82, 2.24) is 20.5 Å². The van der Waals surface area contributed by atoms with Gasteiger partial charge in [0.05, 0.1) is 6.61 Å². The number of nitrogens with zero attached hydrogens (tertiary/aromatic N) is 3. The number of rotatable bonds is 10. The van der Waals surface area contributed by atoms with Gasteiger partial charge in [-0.1, -0.05) is 17.7 Å². The van der Waals surface area contributed by atoms with Crippen molar-refractivity contribution in [3.8, 4) is 0 Å². The van der Waals surface area contributed by atoms with Crippen molar-refractivity contribution >= 4 is 17.6 Å². The molecule has 1 rings (SSSR count).